The Bertz CT molecular complexity index is 712. The van der Waals surface area contributed by atoms with Crippen molar-refractivity contribution in [3.8, 4) is 0 Å². The van der Waals surface area contributed by atoms with Crippen LogP contribution in [0.1, 0.15) is 35.8 Å². The molecule has 0 atom stereocenters. The van der Waals surface area contributed by atoms with E-state index in [9.17, 15) is 9.18 Å². The van der Waals surface area contributed by atoms with E-state index in [4.69, 9.17) is 0 Å². The molecule has 0 spiro atoms. The maximum absolute atomic E-state index is 13.5. The number of amides is 1. The van der Waals surface area contributed by atoms with Crippen molar-refractivity contribution < 1.29 is 9.18 Å². The summed E-state index contributed by atoms with van der Waals surface area (Å²) in [5, 5.41) is 11.0. The van der Waals surface area contributed by atoms with Crippen LogP contribution in [0, 0.1) is 11.7 Å². The lowest BCUT2D eigenvalue weighted by Gasteiger charge is -2.30. The van der Waals surface area contributed by atoms with E-state index in [1.165, 1.54) is 6.07 Å². The Kier molecular flexibility index (Phi) is 5.58. The molecule has 2 heterocycles. The Morgan fingerprint density at radius 3 is 2.64 bits per heavy atom. The summed E-state index contributed by atoms with van der Waals surface area (Å²) < 4.78 is 13.5. The van der Waals surface area contributed by atoms with Gasteiger partial charge in [-0.25, -0.2) is 4.39 Å². The third-order valence-electron chi connectivity index (χ3n) is 4.63. The zero-order valence-corrected chi connectivity index (χ0v) is 14.4. The molecule has 2 aromatic rings. The molecule has 25 heavy (non-hydrogen) atoms. The van der Waals surface area contributed by atoms with Gasteiger partial charge in [0.15, 0.2) is 11.5 Å². The van der Waals surface area contributed by atoms with Gasteiger partial charge >= 0.3 is 0 Å². The first kappa shape index (κ1) is 17.3. The summed E-state index contributed by atoms with van der Waals surface area (Å²) in [5.74, 6) is 1.03. The number of piperidine rings is 1. The van der Waals surface area contributed by atoms with Crippen LogP contribution < -0.4 is 10.2 Å². The van der Waals surface area contributed by atoms with Gasteiger partial charge in [0, 0.05) is 19.6 Å². The second-order valence-electron chi connectivity index (χ2n) is 6.54. The third-order valence-corrected chi connectivity index (χ3v) is 4.63. The molecule has 0 radical (unpaired) electrons. The Morgan fingerprint density at radius 2 is 1.96 bits per heavy atom. The summed E-state index contributed by atoms with van der Waals surface area (Å²) in [5.41, 5.74) is 0.867. The summed E-state index contributed by atoms with van der Waals surface area (Å²) in [6.45, 7) is 4.57. The van der Waals surface area contributed by atoms with Crippen molar-refractivity contribution in [2.24, 2.45) is 5.92 Å². The molecule has 6 heteroatoms. The van der Waals surface area contributed by atoms with E-state index in [1.54, 1.807) is 24.3 Å². The second kappa shape index (κ2) is 8.05. The van der Waals surface area contributed by atoms with E-state index in [2.05, 4.69) is 27.3 Å². The number of rotatable bonds is 5. The topological polar surface area (TPSA) is 58.1 Å². The van der Waals surface area contributed by atoms with Gasteiger partial charge in [0.25, 0.3) is 5.91 Å². The zero-order chi connectivity index (χ0) is 17.6. The van der Waals surface area contributed by atoms with Gasteiger partial charge in [-0.3, -0.25) is 4.79 Å². The molecule has 0 unspecified atom stereocenters. The number of anilines is 1. The molecule has 5 nitrogen and oxygen atoms in total. The van der Waals surface area contributed by atoms with Gasteiger partial charge in [-0.05, 0) is 48.9 Å². The average Bonchev–Trinajstić information content (AvgIpc) is 2.64. The van der Waals surface area contributed by atoms with Crippen LogP contribution in [-0.4, -0.2) is 35.7 Å². The first-order valence-corrected chi connectivity index (χ1v) is 8.74. The van der Waals surface area contributed by atoms with Crippen LogP contribution in [0.4, 0.5) is 10.2 Å². The van der Waals surface area contributed by atoms with Gasteiger partial charge in [0.05, 0.1) is 0 Å². The van der Waals surface area contributed by atoms with Crippen LogP contribution in [0.15, 0.2) is 36.4 Å². The van der Waals surface area contributed by atoms with Crippen LogP contribution in [0.5, 0.6) is 0 Å². The first-order chi connectivity index (χ1) is 12.1. The van der Waals surface area contributed by atoms with Crippen LogP contribution in [0.25, 0.3) is 0 Å². The maximum Gasteiger partial charge on any atom is 0.271 e. The van der Waals surface area contributed by atoms with Crippen LogP contribution in [-0.2, 0) is 6.42 Å². The summed E-state index contributed by atoms with van der Waals surface area (Å²) in [4.78, 5) is 14.3. The summed E-state index contributed by atoms with van der Waals surface area (Å²) in [6.07, 6.45) is 2.75. The number of nitrogens with one attached hydrogen (secondary N) is 1. The quantitative estimate of drug-likeness (QED) is 0.908. The minimum Gasteiger partial charge on any atom is -0.355 e. The summed E-state index contributed by atoms with van der Waals surface area (Å²) in [6, 6.07) is 10.1. The molecular weight excluding hydrogens is 319 g/mol. The van der Waals surface area contributed by atoms with Crippen molar-refractivity contribution >= 4 is 11.7 Å². The van der Waals surface area contributed by atoms with Crippen molar-refractivity contribution in [2.45, 2.75) is 26.2 Å². The highest BCUT2D eigenvalue weighted by Crippen LogP contribution is 2.20. The molecule has 1 aliphatic heterocycles. The molecule has 0 aliphatic carbocycles. The van der Waals surface area contributed by atoms with E-state index in [0.717, 1.165) is 37.7 Å². The van der Waals surface area contributed by atoms with E-state index in [1.807, 2.05) is 6.07 Å². The Balaban J connectivity index is 1.51. The van der Waals surface area contributed by atoms with Crippen molar-refractivity contribution in [1.82, 2.24) is 15.5 Å². The van der Waals surface area contributed by atoms with Crippen molar-refractivity contribution in [3.63, 3.8) is 0 Å². The average molecular weight is 342 g/mol. The van der Waals surface area contributed by atoms with E-state index in [0.29, 0.717) is 18.5 Å². The van der Waals surface area contributed by atoms with E-state index >= 15 is 0 Å². The third kappa shape index (κ3) is 4.53. The fourth-order valence-electron chi connectivity index (χ4n) is 2.96. The highest BCUT2D eigenvalue weighted by atomic mass is 19.1. The Hall–Kier alpha value is -2.50. The molecule has 1 saturated heterocycles. The predicted molar refractivity (Wildman–Crippen MR) is 95.1 cm³/mol. The number of benzene rings is 1. The van der Waals surface area contributed by atoms with Gasteiger partial charge < -0.3 is 10.2 Å². The fraction of sp³-hybridized carbons (Fsp3) is 0.421. The molecule has 1 amide bonds. The number of nitrogens with zero attached hydrogens (tertiary/aromatic N) is 3. The van der Waals surface area contributed by atoms with E-state index < -0.39 is 0 Å². The molecule has 1 aliphatic rings. The smallest absolute Gasteiger partial charge is 0.271 e. The number of halogens is 1. The van der Waals surface area contributed by atoms with Crippen LogP contribution >= 0.6 is 0 Å². The lowest BCUT2D eigenvalue weighted by Crippen LogP contribution is -2.34. The van der Waals surface area contributed by atoms with Gasteiger partial charge in [-0.15, -0.1) is 10.2 Å². The lowest BCUT2D eigenvalue weighted by molar-refractivity contribution is 0.0948. The molecule has 1 fully saturated rings. The van der Waals surface area contributed by atoms with Gasteiger partial charge in [-0.1, -0.05) is 25.1 Å². The maximum atomic E-state index is 13.5. The predicted octanol–water partition coefficient (Wildman–Crippen LogP) is 2.82. The largest absolute Gasteiger partial charge is 0.355 e. The second-order valence-corrected chi connectivity index (χ2v) is 6.54. The number of hydrogen-bond donors (Lipinski definition) is 1. The highest BCUT2D eigenvalue weighted by Gasteiger charge is 2.18. The molecule has 1 aromatic heterocycles. The Morgan fingerprint density at radius 1 is 1.20 bits per heavy atom. The normalized spacial score (nSPS) is 15.2. The summed E-state index contributed by atoms with van der Waals surface area (Å²) in [7, 11) is 0. The highest BCUT2D eigenvalue weighted by molar-refractivity contribution is 5.92. The lowest BCUT2D eigenvalue weighted by atomic mass is 9.99. The SMILES string of the molecule is CC1CCN(c2ccc(C(=O)NCCc3ccccc3F)nn2)CC1. The molecule has 3 rings (SSSR count). The summed E-state index contributed by atoms with van der Waals surface area (Å²) >= 11 is 0. The number of aromatic nitrogens is 2. The molecule has 0 bridgehead atoms. The molecular formula is C19H23FN4O. The molecule has 0 saturated carbocycles. The Labute approximate surface area is 147 Å². The number of hydrogen-bond acceptors (Lipinski definition) is 4. The monoisotopic (exact) mass is 342 g/mol. The van der Waals surface area contributed by atoms with Gasteiger partial charge in [-0.2, -0.15) is 0 Å². The molecule has 132 valence electrons. The minimum absolute atomic E-state index is 0.253. The van der Waals surface area contributed by atoms with Crippen LogP contribution in [0.2, 0.25) is 0 Å². The number of carbonyl (C=O) groups is 1. The van der Waals surface area contributed by atoms with E-state index in [-0.39, 0.29) is 17.4 Å². The fourth-order valence-corrected chi connectivity index (χ4v) is 2.96. The standard InChI is InChI=1S/C19H23FN4O/c1-14-9-12-24(13-10-14)18-7-6-17(22-23-18)19(25)21-11-8-15-4-2-3-5-16(15)20/h2-7,14H,8-13H2,1H3,(H,21,25). The molecule has 1 aromatic carbocycles. The zero-order valence-electron chi connectivity index (χ0n) is 14.4. The van der Waals surface area contributed by atoms with Crippen molar-refractivity contribution in [2.75, 3.05) is 24.5 Å². The number of carbonyl (C=O) groups excluding carboxylic acids is 1. The first-order valence-electron chi connectivity index (χ1n) is 8.74. The minimum atomic E-state index is -0.289. The van der Waals surface area contributed by atoms with Crippen LogP contribution in [0.3, 0.4) is 0 Å². The van der Waals surface area contributed by atoms with Gasteiger partial charge in [0.2, 0.25) is 0 Å². The molecule has 1 N–H and O–H groups in total. The van der Waals surface area contributed by atoms with Crippen molar-refractivity contribution in [1.29, 1.82) is 0 Å². The van der Waals surface area contributed by atoms with Crippen molar-refractivity contribution in [3.05, 3.63) is 53.5 Å². The van der Waals surface area contributed by atoms with Gasteiger partial charge in [0.1, 0.15) is 5.82 Å².